The molecule has 1 aromatic rings. The van der Waals surface area contributed by atoms with E-state index in [1.165, 1.54) is 6.07 Å². The molecule has 1 aromatic carbocycles. The zero-order chi connectivity index (χ0) is 13.6. The van der Waals surface area contributed by atoms with Crippen molar-refractivity contribution in [3.8, 4) is 5.75 Å². The molecule has 0 fully saturated rings. The molecule has 7 heteroatoms. The van der Waals surface area contributed by atoms with Crippen molar-refractivity contribution >= 4 is 20.1 Å². The maximum Gasteiger partial charge on any atom is 0.413 e. The second kappa shape index (κ2) is 7.00. The number of hydrogen-bond donors (Lipinski definition) is 0. The summed E-state index contributed by atoms with van der Waals surface area (Å²) in [6, 6.07) is 4.50. The first-order valence-electron chi connectivity index (χ1n) is 5.25. The third-order valence-corrected chi connectivity index (χ3v) is 2.70. The second-order valence-electron chi connectivity index (χ2n) is 3.08. The predicted octanol–water partition coefficient (Wildman–Crippen LogP) is 3.63. The average molecular weight is 294 g/mol. The maximum absolute atomic E-state index is 12.8. The first kappa shape index (κ1) is 15.3. The minimum Gasteiger partial charge on any atom is -0.428 e. The first-order chi connectivity index (χ1) is 8.56. The van der Waals surface area contributed by atoms with E-state index in [0.29, 0.717) is 0 Å². The van der Waals surface area contributed by atoms with Gasteiger partial charge in [0, 0.05) is 6.07 Å². The van der Waals surface area contributed by atoms with Gasteiger partial charge < -0.3 is 14.2 Å². The number of halogens is 2. The van der Waals surface area contributed by atoms with Crippen LogP contribution in [0.3, 0.4) is 0 Å². The molecule has 0 heterocycles. The number of hydrogen-bond acceptors (Lipinski definition) is 4. The fourth-order valence-corrected chi connectivity index (χ4v) is 1.87. The molecule has 0 amide bonds. The minimum atomic E-state index is -1.78. The van der Waals surface area contributed by atoms with E-state index in [4.69, 9.17) is 25.8 Å². The Balaban J connectivity index is 2.97. The van der Waals surface area contributed by atoms with E-state index in [1.54, 1.807) is 13.8 Å². The minimum absolute atomic E-state index is 0.0127. The van der Waals surface area contributed by atoms with E-state index in [9.17, 15) is 8.96 Å². The van der Waals surface area contributed by atoms with Crippen LogP contribution in [0.15, 0.2) is 12.1 Å². The molecule has 0 saturated heterocycles. The van der Waals surface area contributed by atoms with Crippen molar-refractivity contribution in [2.45, 2.75) is 19.6 Å². The Morgan fingerprint density at radius 2 is 2.06 bits per heavy atom. The van der Waals surface area contributed by atoms with Crippen molar-refractivity contribution in [2.75, 3.05) is 13.2 Å². The fourth-order valence-electron chi connectivity index (χ4n) is 1.18. The molecule has 0 atom stereocenters. The summed E-state index contributed by atoms with van der Waals surface area (Å²) in [7, 11) is -0.520. The lowest BCUT2D eigenvalue weighted by molar-refractivity contribution is -0.277. The number of rotatable bonds is 7. The van der Waals surface area contributed by atoms with Crippen molar-refractivity contribution < 1.29 is 23.2 Å². The van der Waals surface area contributed by atoms with Gasteiger partial charge in [-0.2, -0.15) is 0 Å². The summed E-state index contributed by atoms with van der Waals surface area (Å²) in [6.45, 7) is 3.83. The largest absolute Gasteiger partial charge is 0.428 e. The summed E-state index contributed by atoms with van der Waals surface area (Å²) in [6.07, 6.45) is 0. The molecular formula is C11H12ClFO4P. The van der Waals surface area contributed by atoms with Gasteiger partial charge in [0.1, 0.15) is 11.6 Å². The van der Waals surface area contributed by atoms with Crippen LogP contribution < -0.4 is 4.74 Å². The third kappa shape index (κ3) is 3.89. The van der Waals surface area contributed by atoms with E-state index in [0.717, 1.165) is 6.07 Å². The summed E-state index contributed by atoms with van der Waals surface area (Å²) >= 11 is 5.79. The molecule has 0 N–H and O–H groups in total. The average Bonchev–Trinajstić information content (AvgIpc) is 2.33. The number of ether oxygens (including phenoxy) is 3. The summed E-state index contributed by atoms with van der Waals surface area (Å²) in [5.41, 5.74) is -1.78. The quantitative estimate of drug-likeness (QED) is 0.569. The topological polar surface area (TPSA) is 44.8 Å². The Morgan fingerprint density at radius 3 is 2.50 bits per heavy atom. The van der Waals surface area contributed by atoms with Gasteiger partial charge in [0.05, 0.1) is 18.2 Å². The molecule has 99 valence electrons. The molecular weight excluding hydrogens is 282 g/mol. The van der Waals surface area contributed by atoms with E-state index >= 15 is 0 Å². The molecule has 0 aliphatic rings. The van der Waals surface area contributed by atoms with Gasteiger partial charge in [-0.05, 0) is 26.0 Å². The Bertz CT molecular complexity index is 410. The lowest BCUT2D eigenvalue weighted by Crippen LogP contribution is -2.36. The lowest BCUT2D eigenvalue weighted by atomic mass is 10.3. The Labute approximate surface area is 111 Å². The van der Waals surface area contributed by atoms with Crippen molar-refractivity contribution in [1.29, 1.82) is 0 Å². The van der Waals surface area contributed by atoms with E-state index < -0.39 is 20.0 Å². The van der Waals surface area contributed by atoms with Crippen LogP contribution in [0.1, 0.15) is 13.8 Å². The molecule has 1 radical (unpaired) electrons. The highest BCUT2D eigenvalue weighted by Crippen LogP contribution is 2.34. The molecule has 0 aromatic heterocycles. The molecule has 0 aliphatic heterocycles. The number of benzene rings is 1. The van der Waals surface area contributed by atoms with Crippen LogP contribution >= 0.6 is 20.1 Å². The van der Waals surface area contributed by atoms with Gasteiger partial charge in [-0.1, -0.05) is 11.6 Å². The maximum atomic E-state index is 12.8. The van der Waals surface area contributed by atoms with Crippen LogP contribution in [0.2, 0.25) is 5.02 Å². The standard InChI is InChI=1S/C11H12ClFO4P/c1-3-15-11(18-14,16-4-2)17-10-6-5-8(13)7-9(10)12/h6-7H,3-4H2,1-2H3. The highest BCUT2D eigenvalue weighted by atomic mass is 35.5. The molecule has 1 rings (SSSR count). The monoisotopic (exact) mass is 293 g/mol. The molecule has 0 unspecified atom stereocenters. The van der Waals surface area contributed by atoms with Gasteiger partial charge in [0.25, 0.3) is 8.46 Å². The van der Waals surface area contributed by atoms with Gasteiger partial charge in [0.2, 0.25) is 0 Å². The van der Waals surface area contributed by atoms with Gasteiger partial charge >= 0.3 is 5.71 Å². The van der Waals surface area contributed by atoms with Crippen molar-refractivity contribution in [1.82, 2.24) is 0 Å². The van der Waals surface area contributed by atoms with Crippen molar-refractivity contribution in [2.24, 2.45) is 0 Å². The van der Waals surface area contributed by atoms with Crippen LogP contribution in [0, 0.1) is 11.9 Å². The van der Waals surface area contributed by atoms with Crippen molar-refractivity contribution in [3.63, 3.8) is 0 Å². The Kier molecular flexibility index (Phi) is 5.96. The summed E-state index contributed by atoms with van der Waals surface area (Å²) in [5.74, 6) is -0.547. The smallest absolute Gasteiger partial charge is 0.413 e. The SMILES string of the molecule is CCOC(OCC)(Oc1c[c]c(F)cc1Cl)P=O. The Hall–Kier alpha value is -0.740. The van der Waals surface area contributed by atoms with Gasteiger partial charge in [-0.25, -0.2) is 4.39 Å². The van der Waals surface area contributed by atoms with Gasteiger partial charge in [-0.3, -0.25) is 4.57 Å². The normalized spacial score (nSPS) is 11.8. The van der Waals surface area contributed by atoms with E-state index in [1.807, 2.05) is 0 Å². The molecule has 18 heavy (non-hydrogen) atoms. The highest BCUT2D eigenvalue weighted by Gasteiger charge is 2.36. The van der Waals surface area contributed by atoms with Crippen LogP contribution in [0.4, 0.5) is 4.39 Å². The molecule has 0 spiro atoms. The zero-order valence-corrected chi connectivity index (χ0v) is 11.6. The lowest BCUT2D eigenvalue weighted by Gasteiger charge is -2.26. The highest BCUT2D eigenvalue weighted by molar-refractivity contribution is 7.25. The zero-order valence-electron chi connectivity index (χ0n) is 9.91. The summed E-state index contributed by atoms with van der Waals surface area (Å²) in [4.78, 5) is 0. The third-order valence-electron chi connectivity index (χ3n) is 1.83. The van der Waals surface area contributed by atoms with Gasteiger partial charge in [0.15, 0.2) is 0 Å². The van der Waals surface area contributed by atoms with Crippen LogP contribution in [0.25, 0.3) is 0 Å². The predicted molar refractivity (Wildman–Crippen MR) is 64.5 cm³/mol. The molecule has 4 nitrogen and oxygen atoms in total. The molecule has 0 saturated carbocycles. The van der Waals surface area contributed by atoms with E-state index in [-0.39, 0.29) is 24.0 Å². The Morgan fingerprint density at radius 1 is 1.44 bits per heavy atom. The van der Waals surface area contributed by atoms with Crippen molar-refractivity contribution in [3.05, 3.63) is 29.0 Å². The van der Waals surface area contributed by atoms with Crippen LogP contribution in [0.5, 0.6) is 5.75 Å². The second-order valence-corrected chi connectivity index (χ2v) is 4.21. The first-order valence-corrected chi connectivity index (χ1v) is 6.44. The van der Waals surface area contributed by atoms with Gasteiger partial charge in [-0.15, -0.1) is 0 Å². The summed E-state index contributed by atoms with van der Waals surface area (Å²) in [5, 5.41) is 0.0127. The van der Waals surface area contributed by atoms with Crippen LogP contribution in [-0.2, 0) is 14.0 Å². The molecule has 0 aliphatic carbocycles. The van der Waals surface area contributed by atoms with Crippen LogP contribution in [-0.4, -0.2) is 18.9 Å². The fraction of sp³-hybridized carbons (Fsp3) is 0.455. The summed E-state index contributed by atoms with van der Waals surface area (Å²) < 4.78 is 39.7. The molecule has 0 bridgehead atoms. The van der Waals surface area contributed by atoms with E-state index in [2.05, 4.69) is 6.07 Å².